The van der Waals surface area contributed by atoms with Crippen LogP contribution in [0.25, 0.3) is 0 Å². The van der Waals surface area contributed by atoms with Crippen LogP contribution >= 0.6 is 0 Å². The van der Waals surface area contributed by atoms with Gasteiger partial charge in [0.25, 0.3) is 0 Å². The predicted molar refractivity (Wildman–Crippen MR) is 83.6 cm³/mol. The SMILES string of the molecule is CCN(CCNC(=O)CCOCC(F)(F)F)c1cccc(C)c1. The minimum Gasteiger partial charge on any atom is -0.372 e. The summed E-state index contributed by atoms with van der Waals surface area (Å²) in [7, 11) is 0. The van der Waals surface area contributed by atoms with Crippen molar-refractivity contribution in [3.63, 3.8) is 0 Å². The van der Waals surface area contributed by atoms with Gasteiger partial charge in [-0.05, 0) is 31.5 Å². The first-order chi connectivity index (χ1) is 10.8. The van der Waals surface area contributed by atoms with Gasteiger partial charge in [-0.3, -0.25) is 4.79 Å². The van der Waals surface area contributed by atoms with Crippen molar-refractivity contribution >= 4 is 11.6 Å². The van der Waals surface area contributed by atoms with Crippen LogP contribution in [0.2, 0.25) is 0 Å². The highest BCUT2D eigenvalue weighted by Crippen LogP contribution is 2.15. The van der Waals surface area contributed by atoms with Crippen LogP contribution in [-0.4, -0.2) is 44.9 Å². The summed E-state index contributed by atoms with van der Waals surface area (Å²) in [4.78, 5) is 13.7. The van der Waals surface area contributed by atoms with Gasteiger partial charge in [-0.15, -0.1) is 0 Å². The molecule has 1 rings (SSSR count). The van der Waals surface area contributed by atoms with E-state index in [0.29, 0.717) is 13.1 Å². The summed E-state index contributed by atoms with van der Waals surface area (Å²) in [6.45, 7) is 4.34. The number of benzene rings is 1. The highest BCUT2D eigenvalue weighted by molar-refractivity contribution is 5.76. The number of amides is 1. The van der Waals surface area contributed by atoms with Gasteiger partial charge in [-0.1, -0.05) is 12.1 Å². The second-order valence-corrected chi connectivity index (χ2v) is 5.19. The fourth-order valence-electron chi connectivity index (χ4n) is 2.07. The van der Waals surface area contributed by atoms with E-state index in [9.17, 15) is 18.0 Å². The molecule has 7 heteroatoms. The molecule has 0 unspecified atom stereocenters. The lowest BCUT2D eigenvalue weighted by Crippen LogP contribution is -2.35. The molecule has 1 N–H and O–H groups in total. The molecular formula is C16H23F3N2O2. The molecule has 1 aromatic rings. The van der Waals surface area contributed by atoms with Crippen LogP contribution in [0, 0.1) is 6.92 Å². The van der Waals surface area contributed by atoms with Crippen molar-refractivity contribution < 1.29 is 22.7 Å². The quantitative estimate of drug-likeness (QED) is 0.707. The number of nitrogens with one attached hydrogen (secondary N) is 1. The molecule has 0 atom stereocenters. The van der Waals surface area contributed by atoms with Gasteiger partial charge in [0.2, 0.25) is 5.91 Å². The van der Waals surface area contributed by atoms with E-state index in [4.69, 9.17) is 0 Å². The molecule has 1 aromatic carbocycles. The smallest absolute Gasteiger partial charge is 0.372 e. The van der Waals surface area contributed by atoms with Crippen molar-refractivity contribution in [3.05, 3.63) is 29.8 Å². The number of carbonyl (C=O) groups excluding carboxylic acids is 1. The van der Waals surface area contributed by atoms with E-state index < -0.39 is 12.8 Å². The van der Waals surface area contributed by atoms with E-state index in [1.807, 2.05) is 32.0 Å². The third-order valence-corrected chi connectivity index (χ3v) is 3.19. The van der Waals surface area contributed by atoms with E-state index >= 15 is 0 Å². The van der Waals surface area contributed by atoms with Crippen molar-refractivity contribution in [2.24, 2.45) is 0 Å². The topological polar surface area (TPSA) is 41.6 Å². The lowest BCUT2D eigenvalue weighted by Gasteiger charge is -2.23. The molecule has 0 aromatic heterocycles. The Kier molecular flexibility index (Phi) is 7.88. The summed E-state index contributed by atoms with van der Waals surface area (Å²) in [6.07, 6.45) is -4.43. The first-order valence-corrected chi connectivity index (χ1v) is 7.54. The number of hydrogen-bond acceptors (Lipinski definition) is 3. The van der Waals surface area contributed by atoms with Crippen LogP contribution in [0.5, 0.6) is 0 Å². The zero-order valence-electron chi connectivity index (χ0n) is 13.4. The Morgan fingerprint density at radius 1 is 1.35 bits per heavy atom. The molecule has 0 saturated heterocycles. The number of hydrogen-bond donors (Lipinski definition) is 1. The Morgan fingerprint density at radius 3 is 2.70 bits per heavy atom. The van der Waals surface area contributed by atoms with E-state index in [1.165, 1.54) is 0 Å². The van der Waals surface area contributed by atoms with E-state index in [0.717, 1.165) is 17.8 Å². The highest BCUT2D eigenvalue weighted by atomic mass is 19.4. The molecule has 0 aliphatic heterocycles. The Bertz CT molecular complexity index is 492. The van der Waals surface area contributed by atoms with Crippen LogP contribution in [0.3, 0.4) is 0 Å². The summed E-state index contributed by atoms with van der Waals surface area (Å²) >= 11 is 0. The molecule has 0 aliphatic rings. The third-order valence-electron chi connectivity index (χ3n) is 3.19. The lowest BCUT2D eigenvalue weighted by atomic mass is 10.2. The van der Waals surface area contributed by atoms with Gasteiger partial charge in [0.1, 0.15) is 6.61 Å². The van der Waals surface area contributed by atoms with Crippen LogP contribution in [0.4, 0.5) is 18.9 Å². The molecule has 0 saturated carbocycles. The van der Waals surface area contributed by atoms with Gasteiger partial charge < -0.3 is 15.0 Å². The van der Waals surface area contributed by atoms with Gasteiger partial charge in [0.05, 0.1) is 6.61 Å². The Labute approximate surface area is 134 Å². The number of alkyl halides is 3. The maximum Gasteiger partial charge on any atom is 0.411 e. The first-order valence-electron chi connectivity index (χ1n) is 7.54. The van der Waals surface area contributed by atoms with Crippen molar-refractivity contribution in [3.8, 4) is 0 Å². The maximum atomic E-state index is 11.9. The van der Waals surface area contributed by atoms with Gasteiger partial charge in [0, 0.05) is 31.7 Å². The van der Waals surface area contributed by atoms with E-state index in [1.54, 1.807) is 0 Å². The normalized spacial score (nSPS) is 11.3. The molecule has 4 nitrogen and oxygen atoms in total. The molecule has 0 radical (unpaired) electrons. The van der Waals surface area contributed by atoms with Gasteiger partial charge in [-0.2, -0.15) is 13.2 Å². The van der Waals surface area contributed by atoms with Crippen molar-refractivity contribution in [1.29, 1.82) is 0 Å². The molecule has 0 heterocycles. The fraction of sp³-hybridized carbons (Fsp3) is 0.562. The van der Waals surface area contributed by atoms with Crippen LogP contribution in [0.15, 0.2) is 24.3 Å². The minimum atomic E-state index is -4.36. The first kappa shape index (κ1) is 19.3. The summed E-state index contributed by atoms with van der Waals surface area (Å²) in [6, 6.07) is 8.06. The summed E-state index contributed by atoms with van der Waals surface area (Å²) < 4.78 is 40.0. The average Bonchev–Trinajstić information content (AvgIpc) is 2.47. The van der Waals surface area contributed by atoms with Crippen molar-refractivity contribution in [2.75, 3.05) is 37.7 Å². The molecule has 0 spiro atoms. The van der Waals surface area contributed by atoms with Crippen molar-refractivity contribution in [1.82, 2.24) is 5.32 Å². The van der Waals surface area contributed by atoms with Gasteiger partial charge in [0.15, 0.2) is 0 Å². The number of halogens is 3. The average molecular weight is 332 g/mol. The summed E-state index contributed by atoms with van der Waals surface area (Å²) in [5.41, 5.74) is 2.24. The Balaban J connectivity index is 2.25. The standard InChI is InChI=1S/C16H23F3N2O2/c1-3-21(14-6-4-5-13(2)11-14)9-8-20-15(22)7-10-23-12-16(17,18)19/h4-6,11H,3,7-10,12H2,1-2H3,(H,20,22). The van der Waals surface area contributed by atoms with Gasteiger partial charge in [-0.25, -0.2) is 0 Å². The number of rotatable bonds is 9. The molecule has 130 valence electrons. The zero-order chi connectivity index (χ0) is 17.3. The summed E-state index contributed by atoms with van der Waals surface area (Å²) in [5.74, 6) is -0.313. The third kappa shape index (κ3) is 8.44. The molecule has 0 aliphatic carbocycles. The maximum absolute atomic E-state index is 11.9. The largest absolute Gasteiger partial charge is 0.411 e. The van der Waals surface area contributed by atoms with E-state index in [2.05, 4.69) is 21.0 Å². The van der Waals surface area contributed by atoms with E-state index in [-0.39, 0.29) is 18.9 Å². The monoisotopic (exact) mass is 332 g/mol. The molecule has 23 heavy (non-hydrogen) atoms. The van der Waals surface area contributed by atoms with Crippen LogP contribution in [0.1, 0.15) is 18.9 Å². The Hall–Kier alpha value is -1.76. The number of carbonyl (C=O) groups is 1. The molecule has 0 bridgehead atoms. The fourth-order valence-corrected chi connectivity index (χ4v) is 2.07. The summed E-state index contributed by atoms with van der Waals surface area (Å²) in [5, 5.41) is 2.69. The number of ether oxygens (including phenoxy) is 1. The van der Waals surface area contributed by atoms with Gasteiger partial charge >= 0.3 is 6.18 Å². The number of anilines is 1. The van der Waals surface area contributed by atoms with Crippen molar-refractivity contribution in [2.45, 2.75) is 26.4 Å². The van der Waals surface area contributed by atoms with Crippen LogP contribution in [-0.2, 0) is 9.53 Å². The second kappa shape index (κ2) is 9.39. The zero-order valence-corrected chi connectivity index (χ0v) is 13.4. The Morgan fingerprint density at radius 2 is 2.09 bits per heavy atom. The number of nitrogens with zero attached hydrogens (tertiary/aromatic N) is 1. The predicted octanol–water partition coefficient (Wildman–Crippen LogP) is 2.91. The minimum absolute atomic E-state index is 0.0767. The molecule has 1 amide bonds. The number of aryl methyl sites for hydroxylation is 1. The lowest BCUT2D eigenvalue weighted by molar-refractivity contribution is -0.174. The van der Waals surface area contributed by atoms with Crippen LogP contribution < -0.4 is 10.2 Å². The molecular weight excluding hydrogens is 309 g/mol. The second-order valence-electron chi connectivity index (χ2n) is 5.19. The number of likely N-dealkylation sites (N-methyl/N-ethyl adjacent to an activating group) is 1. The highest BCUT2D eigenvalue weighted by Gasteiger charge is 2.27. The molecule has 0 fully saturated rings.